The maximum atomic E-state index is 10.9. The number of nitro benzene ring substituents is 1. The Kier molecular flexibility index (Phi) is 4.10. The highest BCUT2D eigenvalue weighted by Crippen LogP contribution is 2.27. The van der Waals surface area contributed by atoms with Crippen LogP contribution in [-0.4, -0.2) is 11.2 Å². The van der Waals surface area contributed by atoms with E-state index in [1.165, 1.54) is 18.2 Å². The topological polar surface area (TPSA) is 69.4 Å². The van der Waals surface area contributed by atoms with E-state index in [-0.39, 0.29) is 11.3 Å². The van der Waals surface area contributed by atoms with Gasteiger partial charge in [-0.25, -0.2) is 0 Å². The Labute approximate surface area is 116 Å². The minimum atomic E-state index is -0.592. The van der Waals surface area contributed by atoms with Crippen molar-refractivity contribution in [2.24, 2.45) is 0 Å². The van der Waals surface area contributed by atoms with Crippen LogP contribution in [-0.2, 0) is 6.42 Å². The number of carbonyl (C=O) groups is 1. The van der Waals surface area contributed by atoms with Crippen LogP contribution in [0, 0.1) is 10.1 Å². The quantitative estimate of drug-likeness (QED) is 0.471. The molecule has 0 atom stereocenters. The average Bonchev–Trinajstić information content (AvgIpc) is 2.47. The van der Waals surface area contributed by atoms with Crippen molar-refractivity contribution in [1.82, 2.24) is 0 Å². The van der Waals surface area contributed by atoms with Crippen LogP contribution in [0.2, 0.25) is 0 Å². The summed E-state index contributed by atoms with van der Waals surface area (Å²) in [4.78, 5) is 21.0. The van der Waals surface area contributed by atoms with E-state index in [2.05, 4.69) is 0 Å². The number of aryl methyl sites for hydroxylation is 1. The number of hydrogen-bond acceptors (Lipinski definition) is 4. The van der Waals surface area contributed by atoms with E-state index in [1.807, 2.05) is 25.1 Å². The Bertz CT molecular complexity index is 652. The van der Waals surface area contributed by atoms with Gasteiger partial charge in [0.25, 0.3) is 5.69 Å². The summed E-state index contributed by atoms with van der Waals surface area (Å²) in [5, 5.41) is 10.7. The Morgan fingerprint density at radius 1 is 1.20 bits per heavy atom. The summed E-state index contributed by atoms with van der Waals surface area (Å²) in [6, 6.07) is 11.7. The van der Waals surface area contributed by atoms with E-state index in [9.17, 15) is 14.9 Å². The Morgan fingerprint density at radius 2 is 1.95 bits per heavy atom. The fourth-order valence-corrected chi connectivity index (χ4v) is 1.82. The summed E-state index contributed by atoms with van der Waals surface area (Å²) in [5.74, 6) is 1.03. The summed E-state index contributed by atoms with van der Waals surface area (Å²) in [6.07, 6.45) is 1.34. The standard InChI is InChI=1S/C15H13NO4/c1-2-11-4-3-5-13(8-11)20-14-6-7-15(16(18)19)12(9-14)10-17/h3-10H,2H2,1H3. The molecule has 20 heavy (non-hydrogen) atoms. The van der Waals surface area contributed by atoms with Crippen LogP contribution in [0.5, 0.6) is 11.5 Å². The zero-order valence-electron chi connectivity index (χ0n) is 10.9. The molecule has 2 rings (SSSR count). The highest BCUT2D eigenvalue weighted by Gasteiger charge is 2.14. The van der Waals surface area contributed by atoms with Gasteiger partial charge in [-0.2, -0.15) is 0 Å². The van der Waals surface area contributed by atoms with E-state index in [0.717, 1.165) is 12.0 Å². The molecule has 0 spiro atoms. The SMILES string of the molecule is CCc1cccc(Oc2ccc([N+](=O)[O-])c(C=O)c2)c1. The molecule has 0 heterocycles. The number of rotatable bonds is 5. The van der Waals surface area contributed by atoms with Crippen LogP contribution in [0.3, 0.4) is 0 Å². The van der Waals surface area contributed by atoms with Crippen LogP contribution < -0.4 is 4.74 Å². The van der Waals surface area contributed by atoms with Crippen molar-refractivity contribution in [3.8, 4) is 11.5 Å². The van der Waals surface area contributed by atoms with Gasteiger partial charge in [0.15, 0.2) is 6.29 Å². The lowest BCUT2D eigenvalue weighted by Gasteiger charge is -2.07. The number of ether oxygens (including phenoxy) is 1. The minimum Gasteiger partial charge on any atom is -0.457 e. The monoisotopic (exact) mass is 271 g/mol. The molecule has 0 aromatic heterocycles. The van der Waals surface area contributed by atoms with Crippen LogP contribution in [0.15, 0.2) is 42.5 Å². The molecule has 0 radical (unpaired) electrons. The summed E-state index contributed by atoms with van der Waals surface area (Å²) in [6.45, 7) is 2.04. The zero-order valence-corrected chi connectivity index (χ0v) is 10.9. The second kappa shape index (κ2) is 5.97. The summed E-state index contributed by atoms with van der Waals surface area (Å²) in [5.41, 5.74) is 0.897. The molecule has 0 saturated carbocycles. The molecule has 0 amide bonds. The van der Waals surface area contributed by atoms with Crippen molar-refractivity contribution in [2.75, 3.05) is 0 Å². The molecule has 102 valence electrons. The van der Waals surface area contributed by atoms with E-state index >= 15 is 0 Å². The molecule has 0 N–H and O–H groups in total. The summed E-state index contributed by atoms with van der Waals surface area (Å²) >= 11 is 0. The van der Waals surface area contributed by atoms with Crippen LogP contribution in [0.25, 0.3) is 0 Å². The fourth-order valence-electron chi connectivity index (χ4n) is 1.82. The van der Waals surface area contributed by atoms with E-state index in [0.29, 0.717) is 17.8 Å². The zero-order chi connectivity index (χ0) is 14.5. The molecular formula is C15H13NO4. The van der Waals surface area contributed by atoms with Crippen molar-refractivity contribution in [3.63, 3.8) is 0 Å². The number of carbonyl (C=O) groups excluding carboxylic acids is 1. The first-order valence-electron chi connectivity index (χ1n) is 6.14. The average molecular weight is 271 g/mol. The number of nitrogens with zero attached hydrogens (tertiary/aromatic N) is 1. The van der Waals surface area contributed by atoms with Crippen molar-refractivity contribution >= 4 is 12.0 Å². The first kappa shape index (κ1) is 13.7. The summed E-state index contributed by atoms with van der Waals surface area (Å²) in [7, 11) is 0. The Balaban J connectivity index is 2.29. The molecule has 0 aliphatic carbocycles. The third-order valence-electron chi connectivity index (χ3n) is 2.87. The normalized spacial score (nSPS) is 10.1. The second-order valence-corrected chi connectivity index (χ2v) is 4.20. The first-order valence-corrected chi connectivity index (χ1v) is 6.14. The predicted molar refractivity (Wildman–Crippen MR) is 74.4 cm³/mol. The minimum absolute atomic E-state index is 0.000791. The van der Waals surface area contributed by atoms with Crippen molar-refractivity contribution in [1.29, 1.82) is 0 Å². The van der Waals surface area contributed by atoms with Crippen LogP contribution in [0.4, 0.5) is 5.69 Å². The molecule has 0 unspecified atom stereocenters. The molecule has 2 aromatic carbocycles. The third kappa shape index (κ3) is 3.00. The molecule has 0 aliphatic rings. The van der Waals surface area contributed by atoms with Gasteiger partial charge in [-0.1, -0.05) is 19.1 Å². The smallest absolute Gasteiger partial charge is 0.280 e. The highest BCUT2D eigenvalue weighted by molar-refractivity contribution is 5.82. The lowest BCUT2D eigenvalue weighted by atomic mass is 10.1. The molecule has 0 saturated heterocycles. The third-order valence-corrected chi connectivity index (χ3v) is 2.87. The first-order chi connectivity index (χ1) is 9.63. The molecule has 5 heteroatoms. The number of hydrogen-bond donors (Lipinski definition) is 0. The van der Waals surface area contributed by atoms with Gasteiger partial charge in [-0.3, -0.25) is 14.9 Å². The molecular weight excluding hydrogens is 258 g/mol. The van der Waals surface area contributed by atoms with Crippen molar-refractivity contribution in [2.45, 2.75) is 13.3 Å². The lowest BCUT2D eigenvalue weighted by molar-refractivity contribution is -0.385. The van der Waals surface area contributed by atoms with Gasteiger partial charge in [0.1, 0.15) is 11.5 Å². The van der Waals surface area contributed by atoms with Crippen molar-refractivity contribution in [3.05, 3.63) is 63.7 Å². The maximum absolute atomic E-state index is 10.9. The van der Waals surface area contributed by atoms with Gasteiger partial charge >= 0.3 is 0 Å². The van der Waals surface area contributed by atoms with Crippen LogP contribution >= 0.6 is 0 Å². The highest BCUT2D eigenvalue weighted by atomic mass is 16.6. The van der Waals surface area contributed by atoms with E-state index < -0.39 is 4.92 Å². The van der Waals surface area contributed by atoms with Gasteiger partial charge < -0.3 is 4.74 Å². The molecule has 0 aliphatic heterocycles. The summed E-state index contributed by atoms with van der Waals surface area (Å²) < 4.78 is 5.62. The second-order valence-electron chi connectivity index (χ2n) is 4.20. The number of benzene rings is 2. The molecule has 5 nitrogen and oxygen atoms in total. The predicted octanol–water partition coefficient (Wildman–Crippen LogP) is 3.76. The molecule has 0 bridgehead atoms. The van der Waals surface area contributed by atoms with Gasteiger partial charge in [0.2, 0.25) is 0 Å². The lowest BCUT2D eigenvalue weighted by Crippen LogP contribution is -1.95. The number of nitro groups is 1. The van der Waals surface area contributed by atoms with Gasteiger partial charge in [0.05, 0.1) is 10.5 Å². The maximum Gasteiger partial charge on any atom is 0.280 e. The van der Waals surface area contributed by atoms with Gasteiger partial charge in [-0.15, -0.1) is 0 Å². The van der Waals surface area contributed by atoms with Crippen molar-refractivity contribution < 1.29 is 14.5 Å². The van der Waals surface area contributed by atoms with Gasteiger partial charge in [-0.05, 0) is 36.2 Å². The molecule has 2 aromatic rings. The molecule has 0 fully saturated rings. The largest absolute Gasteiger partial charge is 0.457 e. The van der Waals surface area contributed by atoms with E-state index in [1.54, 1.807) is 6.07 Å². The van der Waals surface area contributed by atoms with Crippen LogP contribution in [0.1, 0.15) is 22.8 Å². The Morgan fingerprint density at radius 3 is 2.60 bits per heavy atom. The van der Waals surface area contributed by atoms with Gasteiger partial charge in [0, 0.05) is 6.07 Å². The van der Waals surface area contributed by atoms with E-state index in [4.69, 9.17) is 4.74 Å². The fraction of sp³-hybridized carbons (Fsp3) is 0.133. The Hall–Kier alpha value is -2.69. The number of aldehydes is 1.